The average Bonchev–Trinajstić information content (AvgIpc) is 2.90. The van der Waals surface area contributed by atoms with Gasteiger partial charge in [-0.3, -0.25) is 4.98 Å². The number of fused-ring (bicyclic) bond motifs is 1. The molecule has 2 heterocycles. The summed E-state index contributed by atoms with van der Waals surface area (Å²) in [7, 11) is 0. The third kappa shape index (κ3) is 3.14. The zero-order chi connectivity index (χ0) is 14.7. The summed E-state index contributed by atoms with van der Waals surface area (Å²) in [5.74, 6) is 0. The second-order valence-electron chi connectivity index (χ2n) is 5.65. The summed E-state index contributed by atoms with van der Waals surface area (Å²) in [6, 6.07) is 13.0. The number of aromatic nitrogens is 2. The van der Waals surface area contributed by atoms with Crippen LogP contribution in [0.2, 0.25) is 0 Å². The maximum atomic E-state index is 5.94. The van der Waals surface area contributed by atoms with Gasteiger partial charge >= 0.3 is 0 Å². The van der Waals surface area contributed by atoms with Crippen molar-refractivity contribution in [1.29, 1.82) is 0 Å². The minimum Gasteiger partial charge on any atom is -0.347 e. The van der Waals surface area contributed by atoms with Gasteiger partial charge in [-0.15, -0.1) is 0 Å². The van der Waals surface area contributed by atoms with Gasteiger partial charge in [0.25, 0.3) is 0 Å². The van der Waals surface area contributed by atoms with Crippen LogP contribution in [0.4, 0.5) is 0 Å². The molecule has 0 fully saturated rings. The number of hydrogen-bond donors (Lipinski definition) is 1. The summed E-state index contributed by atoms with van der Waals surface area (Å²) in [6.45, 7) is 3.02. The first-order valence-corrected chi connectivity index (χ1v) is 7.45. The Morgan fingerprint density at radius 1 is 1.19 bits per heavy atom. The number of hydrogen-bond acceptors (Lipinski definition) is 2. The molecule has 0 spiro atoms. The molecular weight excluding hydrogens is 258 g/mol. The number of nitrogens with zero attached hydrogens (tertiary/aromatic N) is 2. The Labute approximate surface area is 125 Å². The summed E-state index contributed by atoms with van der Waals surface area (Å²) in [4.78, 5) is 4.17. The zero-order valence-corrected chi connectivity index (χ0v) is 12.4. The van der Waals surface area contributed by atoms with Crippen molar-refractivity contribution < 1.29 is 0 Å². The van der Waals surface area contributed by atoms with Crippen LogP contribution in [0.25, 0.3) is 10.9 Å². The van der Waals surface area contributed by atoms with E-state index in [9.17, 15) is 0 Å². The molecule has 0 saturated carbocycles. The first-order chi connectivity index (χ1) is 10.2. The summed E-state index contributed by atoms with van der Waals surface area (Å²) in [5.41, 5.74) is 9.84. The summed E-state index contributed by atoms with van der Waals surface area (Å²) in [6.07, 6.45) is 7.84. The van der Waals surface area contributed by atoms with Crippen LogP contribution in [-0.4, -0.2) is 15.6 Å². The lowest BCUT2D eigenvalue weighted by molar-refractivity contribution is 0.720. The molecule has 3 aromatic rings. The molecule has 108 valence electrons. The van der Waals surface area contributed by atoms with Crippen LogP contribution in [-0.2, 0) is 19.4 Å². The number of rotatable bonds is 5. The van der Waals surface area contributed by atoms with Crippen molar-refractivity contribution >= 4 is 10.9 Å². The third-order valence-electron chi connectivity index (χ3n) is 3.81. The molecule has 2 N–H and O–H groups in total. The van der Waals surface area contributed by atoms with Crippen LogP contribution >= 0.6 is 0 Å². The smallest absolute Gasteiger partial charge is 0.0483 e. The highest BCUT2D eigenvalue weighted by atomic mass is 14.9. The third-order valence-corrected chi connectivity index (χ3v) is 3.81. The van der Waals surface area contributed by atoms with Crippen molar-refractivity contribution in [2.75, 3.05) is 0 Å². The molecule has 2 aromatic heterocycles. The minimum atomic E-state index is 0.189. The van der Waals surface area contributed by atoms with Crippen LogP contribution in [0, 0.1) is 0 Å². The summed E-state index contributed by atoms with van der Waals surface area (Å²) in [5, 5.41) is 1.32. The van der Waals surface area contributed by atoms with Gasteiger partial charge in [0.05, 0.1) is 0 Å². The molecule has 3 heteroatoms. The fourth-order valence-corrected chi connectivity index (χ4v) is 2.80. The molecule has 3 nitrogen and oxygen atoms in total. The lowest BCUT2D eigenvalue weighted by Gasteiger charge is -2.09. The molecule has 0 saturated heterocycles. The van der Waals surface area contributed by atoms with Crippen molar-refractivity contribution in [3.8, 4) is 0 Å². The Bertz CT molecular complexity index is 714. The van der Waals surface area contributed by atoms with E-state index >= 15 is 0 Å². The standard InChI is InChI=1S/C18H21N3/c1-14(19)12-16-5-2-6-18-17(16)8-11-21(18)10-7-15-4-3-9-20-13-15/h2-6,8-9,11,13-14H,7,10,12,19H2,1H3. The fourth-order valence-electron chi connectivity index (χ4n) is 2.80. The minimum absolute atomic E-state index is 0.189. The van der Waals surface area contributed by atoms with E-state index in [0.29, 0.717) is 0 Å². The van der Waals surface area contributed by atoms with Gasteiger partial charge in [-0.1, -0.05) is 18.2 Å². The predicted octanol–water partition coefficient (Wildman–Crippen LogP) is 3.17. The highest BCUT2D eigenvalue weighted by molar-refractivity contribution is 5.83. The van der Waals surface area contributed by atoms with Gasteiger partial charge in [0.1, 0.15) is 0 Å². The topological polar surface area (TPSA) is 43.8 Å². The molecule has 1 unspecified atom stereocenters. The van der Waals surface area contributed by atoms with E-state index in [4.69, 9.17) is 5.73 Å². The monoisotopic (exact) mass is 279 g/mol. The quantitative estimate of drug-likeness (QED) is 0.779. The molecule has 0 aliphatic heterocycles. The van der Waals surface area contributed by atoms with Gasteiger partial charge in [-0.2, -0.15) is 0 Å². The van der Waals surface area contributed by atoms with Crippen molar-refractivity contribution in [2.45, 2.75) is 32.4 Å². The van der Waals surface area contributed by atoms with E-state index in [1.807, 2.05) is 18.5 Å². The zero-order valence-electron chi connectivity index (χ0n) is 12.4. The Morgan fingerprint density at radius 2 is 2.10 bits per heavy atom. The number of aryl methyl sites for hydroxylation is 2. The van der Waals surface area contributed by atoms with Crippen molar-refractivity contribution in [3.63, 3.8) is 0 Å². The Balaban J connectivity index is 1.83. The first-order valence-electron chi connectivity index (χ1n) is 7.45. The maximum absolute atomic E-state index is 5.94. The molecule has 1 atom stereocenters. The maximum Gasteiger partial charge on any atom is 0.0483 e. The fraction of sp³-hybridized carbons (Fsp3) is 0.278. The highest BCUT2D eigenvalue weighted by Gasteiger charge is 2.07. The Kier molecular flexibility index (Phi) is 4.02. The molecule has 0 amide bonds. The highest BCUT2D eigenvalue weighted by Crippen LogP contribution is 2.21. The second-order valence-corrected chi connectivity index (χ2v) is 5.65. The van der Waals surface area contributed by atoms with Crippen LogP contribution in [0.1, 0.15) is 18.1 Å². The van der Waals surface area contributed by atoms with Crippen molar-refractivity contribution in [1.82, 2.24) is 9.55 Å². The van der Waals surface area contributed by atoms with Crippen LogP contribution in [0.3, 0.4) is 0 Å². The lowest BCUT2D eigenvalue weighted by Crippen LogP contribution is -2.17. The molecule has 0 bridgehead atoms. The van der Waals surface area contributed by atoms with E-state index < -0.39 is 0 Å². The van der Waals surface area contributed by atoms with E-state index in [1.165, 1.54) is 22.0 Å². The molecule has 0 aliphatic carbocycles. The van der Waals surface area contributed by atoms with Gasteiger partial charge in [-0.05, 0) is 49.1 Å². The number of nitrogens with two attached hydrogens (primary N) is 1. The van der Waals surface area contributed by atoms with Crippen LogP contribution in [0.15, 0.2) is 55.0 Å². The lowest BCUT2D eigenvalue weighted by atomic mass is 10.0. The molecule has 3 rings (SSSR count). The summed E-state index contributed by atoms with van der Waals surface area (Å²) < 4.78 is 2.31. The Morgan fingerprint density at radius 3 is 2.86 bits per heavy atom. The number of pyridine rings is 1. The van der Waals surface area contributed by atoms with Gasteiger partial charge in [-0.25, -0.2) is 0 Å². The van der Waals surface area contributed by atoms with E-state index in [-0.39, 0.29) is 6.04 Å². The van der Waals surface area contributed by atoms with Gasteiger partial charge in [0, 0.05) is 42.1 Å². The van der Waals surface area contributed by atoms with Gasteiger partial charge < -0.3 is 10.3 Å². The van der Waals surface area contributed by atoms with E-state index in [1.54, 1.807) is 0 Å². The molecular formula is C18H21N3. The number of benzene rings is 1. The summed E-state index contributed by atoms with van der Waals surface area (Å²) >= 11 is 0. The van der Waals surface area contributed by atoms with Crippen LogP contribution in [0.5, 0.6) is 0 Å². The van der Waals surface area contributed by atoms with E-state index in [2.05, 4.69) is 53.0 Å². The van der Waals surface area contributed by atoms with Gasteiger partial charge in [0.2, 0.25) is 0 Å². The van der Waals surface area contributed by atoms with E-state index in [0.717, 1.165) is 19.4 Å². The van der Waals surface area contributed by atoms with Crippen molar-refractivity contribution in [2.24, 2.45) is 5.73 Å². The largest absolute Gasteiger partial charge is 0.347 e. The molecule has 1 aromatic carbocycles. The normalized spacial score (nSPS) is 12.7. The molecule has 21 heavy (non-hydrogen) atoms. The first kappa shape index (κ1) is 13.8. The predicted molar refractivity (Wildman–Crippen MR) is 87.2 cm³/mol. The SMILES string of the molecule is CC(N)Cc1cccc2c1ccn2CCc1cccnc1. The average molecular weight is 279 g/mol. The Hall–Kier alpha value is -2.13. The second kappa shape index (κ2) is 6.10. The molecule has 0 radical (unpaired) electrons. The van der Waals surface area contributed by atoms with Crippen molar-refractivity contribution in [3.05, 3.63) is 66.1 Å². The molecule has 0 aliphatic rings. The van der Waals surface area contributed by atoms with Crippen LogP contribution < -0.4 is 5.73 Å². The van der Waals surface area contributed by atoms with Gasteiger partial charge in [0.15, 0.2) is 0 Å².